The van der Waals surface area contributed by atoms with E-state index in [1.165, 1.54) is 5.56 Å². The summed E-state index contributed by atoms with van der Waals surface area (Å²) < 4.78 is 1.07. The number of aryl methyl sites for hydroxylation is 1. The fraction of sp³-hybridized carbons (Fsp3) is 0.462. The predicted octanol–water partition coefficient (Wildman–Crippen LogP) is 3.04. The summed E-state index contributed by atoms with van der Waals surface area (Å²) >= 11 is 3.46. The fourth-order valence-electron chi connectivity index (χ4n) is 1.53. The van der Waals surface area contributed by atoms with Gasteiger partial charge in [-0.3, -0.25) is 4.79 Å². The van der Waals surface area contributed by atoms with E-state index in [-0.39, 0.29) is 5.91 Å². The van der Waals surface area contributed by atoms with E-state index < -0.39 is 0 Å². The highest BCUT2D eigenvalue weighted by atomic mass is 79.9. The number of benzene rings is 1. The van der Waals surface area contributed by atoms with Gasteiger partial charge in [-0.15, -0.1) is 0 Å². The number of carbonyl (C=O) groups is 1. The van der Waals surface area contributed by atoms with Gasteiger partial charge in [0.15, 0.2) is 0 Å². The molecule has 0 radical (unpaired) electrons. The first-order valence-corrected chi connectivity index (χ1v) is 6.49. The summed E-state index contributed by atoms with van der Waals surface area (Å²) in [5.74, 6) is 0.178. The Balaban J connectivity index is 2.33. The zero-order valence-corrected chi connectivity index (χ0v) is 12.2. The van der Waals surface area contributed by atoms with E-state index in [9.17, 15) is 4.79 Å². The number of carbonyl (C=O) groups excluding carboxylic acids is 1. The molecule has 0 heterocycles. The number of hydrogen-bond acceptors (Lipinski definition) is 2. The van der Waals surface area contributed by atoms with Crippen LogP contribution >= 0.6 is 15.9 Å². The van der Waals surface area contributed by atoms with Gasteiger partial charge in [-0.05, 0) is 37.1 Å². The van der Waals surface area contributed by atoms with Crippen LogP contribution in [-0.2, 0) is 4.79 Å². The number of amides is 1. The monoisotopic (exact) mass is 298 g/mol. The summed E-state index contributed by atoms with van der Waals surface area (Å²) in [7, 11) is 3.57. The second kappa shape index (κ2) is 6.64. The number of hydrogen-bond donors (Lipinski definition) is 1. The maximum Gasteiger partial charge on any atom is 0.222 e. The third-order valence-corrected chi connectivity index (χ3v) is 2.90. The lowest BCUT2D eigenvalue weighted by Gasteiger charge is -2.11. The Labute approximate surface area is 111 Å². The fourth-order valence-corrected chi connectivity index (χ4v) is 2.14. The number of nitrogens with one attached hydrogen (secondary N) is 1. The standard InChI is InChI=1S/C13H19BrN2O/c1-10-7-11(14)9-12(8-10)15-6-4-5-13(17)16(2)3/h7-9,15H,4-6H2,1-3H3. The van der Waals surface area contributed by atoms with Gasteiger partial charge in [0, 0.05) is 37.2 Å². The second-order valence-electron chi connectivity index (χ2n) is 4.34. The lowest BCUT2D eigenvalue weighted by molar-refractivity contribution is -0.128. The van der Waals surface area contributed by atoms with E-state index in [2.05, 4.69) is 40.3 Å². The van der Waals surface area contributed by atoms with Crippen LogP contribution < -0.4 is 5.32 Å². The highest BCUT2D eigenvalue weighted by Crippen LogP contribution is 2.18. The van der Waals surface area contributed by atoms with Crippen LogP contribution in [0.15, 0.2) is 22.7 Å². The minimum Gasteiger partial charge on any atom is -0.385 e. The smallest absolute Gasteiger partial charge is 0.222 e. The third kappa shape index (κ3) is 5.22. The van der Waals surface area contributed by atoms with Crippen molar-refractivity contribution in [2.45, 2.75) is 19.8 Å². The average Bonchev–Trinajstić information content (AvgIpc) is 2.22. The van der Waals surface area contributed by atoms with Crippen LogP contribution in [0.1, 0.15) is 18.4 Å². The van der Waals surface area contributed by atoms with Gasteiger partial charge in [-0.25, -0.2) is 0 Å². The van der Waals surface area contributed by atoms with E-state index in [1.54, 1.807) is 19.0 Å². The first-order chi connectivity index (χ1) is 7.99. The Bertz CT molecular complexity index is 371. The summed E-state index contributed by atoms with van der Waals surface area (Å²) in [6.07, 6.45) is 1.44. The van der Waals surface area contributed by atoms with Gasteiger partial charge in [-0.1, -0.05) is 15.9 Å². The molecule has 0 aliphatic heterocycles. The summed E-state index contributed by atoms with van der Waals surface area (Å²) in [5, 5.41) is 3.32. The Morgan fingerprint density at radius 1 is 1.35 bits per heavy atom. The van der Waals surface area contributed by atoms with Crippen LogP contribution in [-0.4, -0.2) is 31.4 Å². The Morgan fingerprint density at radius 2 is 2.06 bits per heavy atom. The molecular formula is C13H19BrN2O. The quantitative estimate of drug-likeness (QED) is 0.848. The molecule has 4 heteroatoms. The molecule has 1 aromatic rings. The van der Waals surface area contributed by atoms with Crippen molar-refractivity contribution in [2.24, 2.45) is 0 Å². The number of rotatable bonds is 5. The Hall–Kier alpha value is -1.03. The molecule has 0 bridgehead atoms. The molecule has 94 valence electrons. The Kier molecular flexibility index (Phi) is 5.48. The van der Waals surface area contributed by atoms with Crippen LogP contribution in [0.4, 0.5) is 5.69 Å². The van der Waals surface area contributed by atoms with Crippen molar-refractivity contribution in [1.82, 2.24) is 4.90 Å². The van der Waals surface area contributed by atoms with Crippen molar-refractivity contribution in [2.75, 3.05) is 26.0 Å². The largest absolute Gasteiger partial charge is 0.385 e. The van der Waals surface area contributed by atoms with Gasteiger partial charge in [0.25, 0.3) is 0 Å². The maximum atomic E-state index is 11.4. The van der Waals surface area contributed by atoms with Crippen LogP contribution in [0.2, 0.25) is 0 Å². The number of halogens is 1. The normalized spacial score (nSPS) is 10.1. The van der Waals surface area contributed by atoms with Crippen LogP contribution in [0.3, 0.4) is 0 Å². The zero-order chi connectivity index (χ0) is 12.8. The SMILES string of the molecule is Cc1cc(Br)cc(NCCCC(=O)N(C)C)c1. The minimum atomic E-state index is 0.178. The van der Waals surface area contributed by atoms with Crippen molar-refractivity contribution in [1.29, 1.82) is 0 Å². The van der Waals surface area contributed by atoms with Crippen molar-refractivity contribution in [3.8, 4) is 0 Å². The van der Waals surface area contributed by atoms with Gasteiger partial charge in [0.05, 0.1) is 0 Å². The molecule has 1 amide bonds. The molecule has 0 unspecified atom stereocenters. The summed E-state index contributed by atoms with van der Waals surface area (Å²) in [5.41, 5.74) is 2.31. The first-order valence-electron chi connectivity index (χ1n) is 5.70. The highest BCUT2D eigenvalue weighted by molar-refractivity contribution is 9.10. The molecule has 0 aromatic heterocycles. The lowest BCUT2D eigenvalue weighted by atomic mass is 10.2. The third-order valence-electron chi connectivity index (χ3n) is 2.44. The van der Waals surface area contributed by atoms with Crippen molar-refractivity contribution in [3.63, 3.8) is 0 Å². The molecule has 0 spiro atoms. The molecule has 0 saturated heterocycles. The van der Waals surface area contributed by atoms with Gasteiger partial charge in [-0.2, -0.15) is 0 Å². The van der Waals surface area contributed by atoms with Crippen LogP contribution in [0.5, 0.6) is 0 Å². The molecule has 3 nitrogen and oxygen atoms in total. The average molecular weight is 299 g/mol. The molecular weight excluding hydrogens is 280 g/mol. The molecule has 1 rings (SSSR count). The van der Waals surface area contributed by atoms with Gasteiger partial charge in [0.1, 0.15) is 0 Å². The second-order valence-corrected chi connectivity index (χ2v) is 5.25. The van der Waals surface area contributed by atoms with E-state index in [0.717, 1.165) is 23.1 Å². The number of anilines is 1. The van der Waals surface area contributed by atoms with Gasteiger partial charge < -0.3 is 10.2 Å². The van der Waals surface area contributed by atoms with E-state index in [1.807, 2.05) is 6.07 Å². The van der Waals surface area contributed by atoms with E-state index in [4.69, 9.17) is 0 Å². The van der Waals surface area contributed by atoms with Gasteiger partial charge in [0.2, 0.25) is 5.91 Å². The predicted molar refractivity (Wildman–Crippen MR) is 75.3 cm³/mol. The summed E-state index contributed by atoms with van der Waals surface area (Å²) in [6.45, 7) is 2.88. The molecule has 0 aliphatic rings. The van der Waals surface area contributed by atoms with Crippen molar-refractivity contribution < 1.29 is 4.79 Å². The van der Waals surface area contributed by atoms with E-state index >= 15 is 0 Å². The molecule has 0 atom stereocenters. The van der Waals surface area contributed by atoms with Crippen molar-refractivity contribution in [3.05, 3.63) is 28.2 Å². The van der Waals surface area contributed by atoms with Crippen molar-refractivity contribution >= 4 is 27.5 Å². The van der Waals surface area contributed by atoms with Gasteiger partial charge >= 0.3 is 0 Å². The topological polar surface area (TPSA) is 32.3 Å². The van der Waals surface area contributed by atoms with E-state index in [0.29, 0.717) is 6.42 Å². The highest BCUT2D eigenvalue weighted by Gasteiger charge is 2.02. The minimum absolute atomic E-state index is 0.178. The Morgan fingerprint density at radius 3 is 2.65 bits per heavy atom. The molecule has 0 saturated carbocycles. The first kappa shape index (κ1) is 14.0. The molecule has 0 fully saturated rings. The zero-order valence-electron chi connectivity index (χ0n) is 10.6. The summed E-state index contributed by atoms with van der Waals surface area (Å²) in [6, 6.07) is 6.21. The maximum absolute atomic E-state index is 11.4. The lowest BCUT2D eigenvalue weighted by Crippen LogP contribution is -2.22. The van der Waals surface area contributed by atoms with Crippen LogP contribution in [0.25, 0.3) is 0 Å². The molecule has 0 aliphatic carbocycles. The molecule has 17 heavy (non-hydrogen) atoms. The summed E-state index contributed by atoms with van der Waals surface area (Å²) in [4.78, 5) is 13.0. The molecule has 1 aromatic carbocycles. The number of nitrogens with zero attached hydrogens (tertiary/aromatic N) is 1. The van der Waals surface area contributed by atoms with Crippen LogP contribution in [0, 0.1) is 6.92 Å². The molecule has 1 N–H and O–H groups in total.